The molecule has 2 rings (SSSR count). The number of methoxy groups -OCH3 is 1. The molecule has 108 valence electrons. The summed E-state index contributed by atoms with van der Waals surface area (Å²) in [6.07, 6.45) is 1.62. The highest BCUT2D eigenvalue weighted by Gasteiger charge is 2.32. The van der Waals surface area contributed by atoms with E-state index in [-0.39, 0.29) is 5.91 Å². The normalized spacial score (nSPS) is 11.6. The van der Waals surface area contributed by atoms with Crippen molar-refractivity contribution >= 4 is 17.2 Å². The summed E-state index contributed by atoms with van der Waals surface area (Å²) >= 11 is 1.63. The van der Waals surface area contributed by atoms with Crippen LogP contribution in [0.3, 0.4) is 0 Å². The maximum Gasteiger partial charge on any atom is 0.254 e. The van der Waals surface area contributed by atoms with Crippen molar-refractivity contribution in [2.75, 3.05) is 7.11 Å². The van der Waals surface area contributed by atoms with Crippen LogP contribution in [0.5, 0.6) is 0 Å². The molecule has 2 heterocycles. The molecule has 2 aromatic rings. The zero-order chi connectivity index (χ0) is 14.6. The molecule has 0 aliphatic heterocycles. The fourth-order valence-corrected chi connectivity index (χ4v) is 2.57. The van der Waals surface area contributed by atoms with Crippen LogP contribution in [0.25, 0.3) is 0 Å². The van der Waals surface area contributed by atoms with E-state index >= 15 is 0 Å². The molecule has 0 unspecified atom stereocenters. The minimum absolute atomic E-state index is 0.0511. The van der Waals surface area contributed by atoms with E-state index in [1.54, 1.807) is 43.5 Å². The van der Waals surface area contributed by atoms with Gasteiger partial charge in [0.25, 0.3) is 5.91 Å². The molecule has 0 saturated heterocycles. The molecular formula is C15H19NO3S. The first-order valence-corrected chi connectivity index (χ1v) is 7.30. The third kappa shape index (κ3) is 3.49. The lowest BCUT2D eigenvalue weighted by Gasteiger charge is -2.30. The van der Waals surface area contributed by atoms with Crippen molar-refractivity contribution in [1.82, 2.24) is 4.90 Å². The number of hydrogen-bond acceptors (Lipinski definition) is 4. The van der Waals surface area contributed by atoms with Gasteiger partial charge >= 0.3 is 0 Å². The molecule has 0 fully saturated rings. The Morgan fingerprint density at radius 2 is 2.15 bits per heavy atom. The Kier molecular flexibility index (Phi) is 4.62. The first kappa shape index (κ1) is 14.8. The third-order valence-electron chi connectivity index (χ3n) is 3.17. The Morgan fingerprint density at radius 1 is 1.35 bits per heavy atom. The molecule has 0 aliphatic rings. The first-order valence-electron chi connectivity index (χ1n) is 6.42. The van der Waals surface area contributed by atoms with Gasteiger partial charge < -0.3 is 14.1 Å². The monoisotopic (exact) mass is 293 g/mol. The van der Waals surface area contributed by atoms with E-state index in [1.165, 1.54) is 0 Å². The molecule has 0 saturated carbocycles. The van der Waals surface area contributed by atoms with Gasteiger partial charge in [-0.3, -0.25) is 4.79 Å². The number of furan rings is 1. The minimum atomic E-state index is -0.843. The largest absolute Gasteiger partial charge is 0.467 e. The predicted octanol–water partition coefficient (Wildman–Crippen LogP) is 3.29. The second-order valence-corrected chi connectivity index (χ2v) is 6.07. The molecule has 4 nitrogen and oxygen atoms in total. The number of carbonyl (C=O) groups is 1. The second-order valence-electron chi connectivity index (χ2n) is 5.03. The summed E-state index contributed by atoms with van der Waals surface area (Å²) in [5.41, 5.74) is -0.843. The number of carbonyl (C=O) groups excluding carboxylic acids is 1. The van der Waals surface area contributed by atoms with Crippen LogP contribution in [0.2, 0.25) is 0 Å². The highest BCUT2D eigenvalue weighted by Crippen LogP contribution is 2.20. The number of nitrogens with zero attached hydrogens (tertiary/aromatic N) is 1. The number of amides is 1. The van der Waals surface area contributed by atoms with Crippen LogP contribution in [-0.4, -0.2) is 23.5 Å². The Morgan fingerprint density at radius 3 is 2.70 bits per heavy atom. The molecule has 0 spiro atoms. The minimum Gasteiger partial charge on any atom is -0.467 e. The maximum absolute atomic E-state index is 12.6. The summed E-state index contributed by atoms with van der Waals surface area (Å²) in [6, 6.07) is 7.70. The van der Waals surface area contributed by atoms with Gasteiger partial charge in [-0.15, -0.1) is 11.3 Å². The Labute approximate surface area is 123 Å². The van der Waals surface area contributed by atoms with Crippen molar-refractivity contribution in [2.45, 2.75) is 32.5 Å². The third-order valence-corrected chi connectivity index (χ3v) is 4.03. The van der Waals surface area contributed by atoms with E-state index in [9.17, 15) is 4.79 Å². The summed E-state index contributed by atoms with van der Waals surface area (Å²) in [4.78, 5) is 15.5. The average molecular weight is 293 g/mol. The molecule has 0 atom stereocenters. The Hall–Kier alpha value is -1.59. The van der Waals surface area contributed by atoms with E-state index in [0.717, 1.165) is 10.6 Å². The van der Waals surface area contributed by atoms with E-state index in [0.29, 0.717) is 13.1 Å². The summed E-state index contributed by atoms with van der Waals surface area (Å²) in [6.45, 7) is 4.55. The van der Waals surface area contributed by atoms with Crippen molar-refractivity contribution < 1.29 is 13.9 Å². The first-order chi connectivity index (χ1) is 9.53. The molecule has 0 aliphatic carbocycles. The van der Waals surface area contributed by atoms with Crippen molar-refractivity contribution in [3.8, 4) is 0 Å². The smallest absolute Gasteiger partial charge is 0.254 e. The van der Waals surface area contributed by atoms with Gasteiger partial charge in [-0.25, -0.2) is 0 Å². The van der Waals surface area contributed by atoms with Crippen LogP contribution >= 0.6 is 11.3 Å². The second kappa shape index (κ2) is 6.24. The standard InChI is InChI=1S/C15H19NO3S/c1-15(2,18-3)14(17)16(10-12-6-4-8-19-12)11-13-7-5-9-20-13/h4-9H,10-11H2,1-3H3. The molecule has 0 bridgehead atoms. The fourth-order valence-electron chi connectivity index (χ4n) is 1.85. The molecule has 5 heteroatoms. The van der Waals surface area contributed by atoms with Gasteiger partial charge in [0.1, 0.15) is 11.4 Å². The van der Waals surface area contributed by atoms with E-state index in [1.807, 2.05) is 29.6 Å². The average Bonchev–Trinajstić information content (AvgIpc) is 3.10. The van der Waals surface area contributed by atoms with Gasteiger partial charge in [-0.2, -0.15) is 0 Å². The van der Waals surface area contributed by atoms with Crippen LogP contribution in [0, 0.1) is 0 Å². The van der Waals surface area contributed by atoms with E-state index in [4.69, 9.17) is 9.15 Å². The van der Waals surface area contributed by atoms with Gasteiger partial charge in [-0.1, -0.05) is 6.07 Å². The number of rotatable bonds is 6. The molecule has 20 heavy (non-hydrogen) atoms. The van der Waals surface area contributed by atoms with Gasteiger partial charge in [0, 0.05) is 12.0 Å². The van der Waals surface area contributed by atoms with Crippen molar-refractivity contribution in [1.29, 1.82) is 0 Å². The van der Waals surface area contributed by atoms with Crippen LogP contribution in [0.15, 0.2) is 40.3 Å². The maximum atomic E-state index is 12.6. The fraction of sp³-hybridized carbons (Fsp3) is 0.400. The molecule has 1 amide bonds. The summed E-state index contributed by atoms with van der Waals surface area (Å²) in [5.74, 6) is 0.714. The van der Waals surface area contributed by atoms with Crippen molar-refractivity contribution in [2.24, 2.45) is 0 Å². The molecule has 0 N–H and O–H groups in total. The van der Waals surface area contributed by atoms with Gasteiger partial charge in [-0.05, 0) is 37.4 Å². The Bertz CT molecular complexity index is 495. The lowest BCUT2D eigenvalue weighted by Crippen LogP contribution is -2.45. The molecule has 2 aromatic heterocycles. The van der Waals surface area contributed by atoms with Crippen molar-refractivity contribution in [3.63, 3.8) is 0 Å². The Balaban J connectivity index is 2.17. The summed E-state index contributed by atoms with van der Waals surface area (Å²) in [5, 5.41) is 2.01. The van der Waals surface area contributed by atoms with Crippen LogP contribution in [0.1, 0.15) is 24.5 Å². The topological polar surface area (TPSA) is 42.7 Å². The predicted molar refractivity (Wildman–Crippen MR) is 78.4 cm³/mol. The van der Waals surface area contributed by atoms with Crippen LogP contribution in [0.4, 0.5) is 0 Å². The summed E-state index contributed by atoms with van der Waals surface area (Å²) in [7, 11) is 1.55. The van der Waals surface area contributed by atoms with E-state index < -0.39 is 5.60 Å². The number of hydrogen-bond donors (Lipinski definition) is 0. The summed E-state index contributed by atoms with van der Waals surface area (Å²) < 4.78 is 10.6. The molecule has 0 radical (unpaired) electrons. The SMILES string of the molecule is COC(C)(C)C(=O)N(Cc1ccco1)Cc1cccs1. The highest BCUT2D eigenvalue weighted by molar-refractivity contribution is 7.09. The molecule has 0 aromatic carbocycles. The zero-order valence-electron chi connectivity index (χ0n) is 12.0. The van der Waals surface area contributed by atoms with Gasteiger partial charge in [0.2, 0.25) is 0 Å². The van der Waals surface area contributed by atoms with Crippen LogP contribution < -0.4 is 0 Å². The quantitative estimate of drug-likeness (QED) is 0.820. The van der Waals surface area contributed by atoms with Gasteiger partial charge in [0.05, 0.1) is 19.4 Å². The van der Waals surface area contributed by atoms with Crippen LogP contribution in [-0.2, 0) is 22.6 Å². The zero-order valence-corrected chi connectivity index (χ0v) is 12.8. The van der Waals surface area contributed by atoms with E-state index in [2.05, 4.69) is 0 Å². The molecular weight excluding hydrogens is 274 g/mol. The number of ether oxygens (including phenoxy) is 1. The highest BCUT2D eigenvalue weighted by atomic mass is 32.1. The lowest BCUT2D eigenvalue weighted by molar-refractivity contribution is -0.152. The number of thiophene rings is 1. The lowest BCUT2D eigenvalue weighted by atomic mass is 10.1. The van der Waals surface area contributed by atoms with Crippen molar-refractivity contribution in [3.05, 3.63) is 46.5 Å². The van der Waals surface area contributed by atoms with Gasteiger partial charge in [0.15, 0.2) is 0 Å².